The van der Waals surface area contributed by atoms with Crippen molar-refractivity contribution in [2.24, 2.45) is 0 Å². The first-order chi connectivity index (χ1) is 14.2. The molecule has 1 aliphatic carbocycles. The van der Waals surface area contributed by atoms with Gasteiger partial charge in [0.1, 0.15) is 11.9 Å². The lowest BCUT2D eigenvalue weighted by Gasteiger charge is -2.14. The molecular formula is C19H24FN5O4S. The standard InChI is InChI=1S/C19H24FN5O4S/c1-10(2)21-19(26)29-13-4-3-11(5-13)15-8-18(24-23-15)22-17-6-12-9-30(27,28)25-16(12)7-14(17)20/h6-8,10-11,13,25H,3-5,9H2,1-2H3,(H,21,26)(H2,22,23,24)/t11-,13+/m0/s1. The van der Waals surface area contributed by atoms with Gasteiger partial charge in [-0.2, -0.15) is 5.10 Å². The fourth-order valence-electron chi connectivity index (χ4n) is 3.84. The lowest BCUT2D eigenvalue weighted by Crippen LogP contribution is -2.33. The lowest BCUT2D eigenvalue weighted by molar-refractivity contribution is 0.0981. The minimum absolute atomic E-state index is 0.0199. The highest BCUT2D eigenvalue weighted by Crippen LogP contribution is 2.37. The van der Waals surface area contributed by atoms with E-state index in [9.17, 15) is 17.6 Å². The van der Waals surface area contributed by atoms with Crippen LogP contribution >= 0.6 is 0 Å². The smallest absolute Gasteiger partial charge is 0.407 e. The molecule has 162 valence electrons. The molecule has 0 radical (unpaired) electrons. The highest BCUT2D eigenvalue weighted by Gasteiger charge is 2.30. The number of ether oxygens (including phenoxy) is 1. The number of nitrogens with zero attached hydrogens (tertiary/aromatic N) is 1. The normalized spacial score (nSPS) is 21.9. The zero-order chi connectivity index (χ0) is 21.5. The summed E-state index contributed by atoms with van der Waals surface area (Å²) in [6.45, 7) is 3.74. The SMILES string of the molecule is CC(C)NC(=O)O[C@@H]1CC[C@H](c2cc(Nc3cc4c(cc3F)NS(=O)(=O)C4)n[nH]2)C1. The van der Waals surface area contributed by atoms with Gasteiger partial charge >= 0.3 is 6.09 Å². The zero-order valence-corrected chi connectivity index (χ0v) is 17.5. The zero-order valence-electron chi connectivity index (χ0n) is 16.7. The third-order valence-electron chi connectivity index (χ3n) is 5.17. The van der Waals surface area contributed by atoms with Gasteiger partial charge < -0.3 is 15.4 Å². The third-order valence-corrected chi connectivity index (χ3v) is 6.39. The summed E-state index contributed by atoms with van der Waals surface area (Å²) in [7, 11) is -3.45. The Morgan fingerprint density at radius 2 is 2.10 bits per heavy atom. The fraction of sp³-hybridized carbons (Fsp3) is 0.474. The number of hydrogen-bond donors (Lipinski definition) is 4. The summed E-state index contributed by atoms with van der Waals surface area (Å²) in [4.78, 5) is 11.8. The molecule has 2 heterocycles. The van der Waals surface area contributed by atoms with Gasteiger partial charge in [-0.3, -0.25) is 9.82 Å². The van der Waals surface area contributed by atoms with Gasteiger partial charge in [0.25, 0.3) is 0 Å². The highest BCUT2D eigenvalue weighted by atomic mass is 32.2. The summed E-state index contributed by atoms with van der Waals surface area (Å²) in [6.07, 6.45) is 1.73. The van der Waals surface area contributed by atoms with E-state index in [4.69, 9.17) is 4.74 Å². The van der Waals surface area contributed by atoms with Crippen molar-refractivity contribution in [3.63, 3.8) is 0 Å². The third kappa shape index (κ3) is 4.50. The molecule has 0 bridgehead atoms. The van der Waals surface area contributed by atoms with Crippen LogP contribution in [0.25, 0.3) is 0 Å². The number of rotatable bonds is 5. The van der Waals surface area contributed by atoms with Crippen LogP contribution in [0.4, 0.5) is 26.4 Å². The second-order valence-corrected chi connectivity index (χ2v) is 9.74. The van der Waals surface area contributed by atoms with E-state index in [1.807, 2.05) is 13.8 Å². The molecule has 4 N–H and O–H groups in total. The van der Waals surface area contributed by atoms with E-state index in [2.05, 4.69) is 25.6 Å². The number of sulfonamides is 1. The molecular weight excluding hydrogens is 413 g/mol. The van der Waals surface area contributed by atoms with Crippen molar-refractivity contribution in [3.05, 3.63) is 35.3 Å². The maximum atomic E-state index is 14.4. The number of benzene rings is 1. The lowest BCUT2D eigenvalue weighted by atomic mass is 10.0. The number of H-pyrrole nitrogens is 1. The maximum absolute atomic E-state index is 14.4. The Morgan fingerprint density at radius 1 is 1.30 bits per heavy atom. The summed E-state index contributed by atoms with van der Waals surface area (Å²) < 4.78 is 45.4. The number of fused-ring (bicyclic) bond motifs is 1. The number of anilines is 3. The quantitative estimate of drug-likeness (QED) is 0.569. The predicted molar refractivity (Wildman–Crippen MR) is 110 cm³/mol. The van der Waals surface area contributed by atoms with Crippen LogP contribution in [0.2, 0.25) is 0 Å². The number of hydrogen-bond acceptors (Lipinski definition) is 6. The molecule has 30 heavy (non-hydrogen) atoms. The molecule has 9 nitrogen and oxygen atoms in total. The Balaban J connectivity index is 1.39. The van der Waals surface area contributed by atoms with Gasteiger partial charge in [-0.15, -0.1) is 0 Å². The van der Waals surface area contributed by atoms with E-state index in [0.29, 0.717) is 17.8 Å². The molecule has 1 saturated carbocycles. The molecule has 1 aliphatic heterocycles. The minimum atomic E-state index is -3.45. The predicted octanol–water partition coefficient (Wildman–Crippen LogP) is 3.32. The van der Waals surface area contributed by atoms with E-state index >= 15 is 0 Å². The summed E-state index contributed by atoms with van der Waals surface area (Å²) in [5.74, 6) is -0.172. The Bertz CT molecular complexity index is 1070. The average molecular weight is 437 g/mol. The number of carbonyl (C=O) groups is 1. The number of aromatic nitrogens is 2. The number of aromatic amines is 1. The molecule has 1 fully saturated rings. The Labute approximate surface area is 173 Å². The maximum Gasteiger partial charge on any atom is 0.407 e. The van der Waals surface area contributed by atoms with Crippen LogP contribution in [0.3, 0.4) is 0 Å². The molecule has 1 aromatic heterocycles. The van der Waals surface area contributed by atoms with Gasteiger partial charge in [-0.1, -0.05) is 0 Å². The second kappa shape index (κ2) is 7.78. The summed E-state index contributed by atoms with van der Waals surface area (Å²) in [6, 6.07) is 4.45. The first-order valence-corrected chi connectivity index (χ1v) is 11.5. The Kier molecular flexibility index (Phi) is 5.31. The van der Waals surface area contributed by atoms with Gasteiger partial charge in [0.15, 0.2) is 5.82 Å². The van der Waals surface area contributed by atoms with Crippen molar-refractivity contribution in [2.75, 3.05) is 10.0 Å². The summed E-state index contributed by atoms with van der Waals surface area (Å²) >= 11 is 0. The molecule has 4 rings (SSSR count). The number of amides is 1. The van der Waals surface area contributed by atoms with Crippen molar-refractivity contribution in [1.29, 1.82) is 0 Å². The van der Waals surface area contributed by atoms with Gasteiger partial charge in [-0.05, 0) is 44.7 Å². The molecule has 0 unspecified atom stereocenters. The molecule has 0 spiro atoms. The van der Waals surface area contributed by atoms with Crippen molar-refractivity contribution in [1.82, 2.24) is 15.5 Å². The van der Waals surface area contributed by atoms with E-state index in [1.54, 1.807) is 6.07 Å². The van der Waals surface area contributed by atoms with Crippen molar-refractivity contribution in [2.45, 2.75) is 56.9 Å². The largest absolute Gasteiger partial charge is 0.446 e. The van der Waals surface area contributed by atoms with Gasteiger partial charge in [-0.25, -0.2) is 17.6 Å². The van der Waals surface area contributed by atoms with E-state index < -0.39 is 21.9 Å². The minimum Gasteiger partial charge on any atom is -0.446 e. The molecule has 2 atom stereocenters. The highest BCUT2D eigenvalue weighted by molar-refractivity contribution is 7.92. The van der Waals surface area contributed by atoms with E-state index in [1.165, 1.54) is 6.07 Å². The molecule has 2 aromatic rings. The van der Waals surface area contributed by atoms with E-state index in [0.717, 1.165) is 24.6 Å². The monoisotopic (exact) mass is 437 g/mol. The van der Waals surface area contributed by atoms with Crippen LogP contribution in [-0.4, -0.2) is 36.9 Å². The van der Waals surface area contributed by atoms with Crippen LogP contribution in [0.1, 0.15) is 50.3 Å². The average Bonchev–Trinajstić information content (AvgIpc) is 3.32. The van der Waals surface area contributed by atoms with Crippen molar-refractivity contribution >= 4 is 33.3 Å². The first-order valence-electron chi connectivity index (χ1n) is 9.81. The molecule has 2 aliphatic rings. The Hall–Kier alpha value is -2.82. The van der Waals surface area contributed by atoms with Crippen molar-refractivity contribution < 1.29 is 22.3 Å². The second-order valence-electron chi connectivity index (χ2n) is 8.02. The first kappa shape index (κ1) is 20.5. The van der Waals surface area contributed by atoms with Crippen LogP contribution in [-0.2, 0) is 20.5 Å². The summed E-state index contributed by atoms with van der Waals surface area (Å²) in [5.41, 5.74) is 1.80. The van der Waals surface area contributed by atoms with Crippen molar-refractivity contribution in [3.8, 4) is 0 Å². The van der Waals surface area contributed by atoms with Crippen LogP contribution < -0.4 is 15.4 Å². The Morgan fingerprint density at radius 3 is 2.87 bits per heavy atom. The molecule has 11 heteroatoms. The fourth-order valence-corrected chi connectivity index (χ4v) is 5.08. The van der Waals surface area contributed by atoms with Crippen LogP contribution in [0.15, 0.2) is 18.2 Å². The van der Waals surface area contributed by atoms with Crippen LogP contribution in [0.5, 0.6) is 0 Å². The number of nitrogens with one attached hydrogen (secondary N) is 4. The van der Waals surface area contributed by atoms with Gasteiger partial charge in [0, 0.05) is 29.8 Å². The topological polar surface area (TPSA) is 125 Å². The number of alkyl carbamates (subject to hydrolysis) is 1. The van der Waals surface area contributed by atoms with Crippen LogP contribution in [0, 0.1) is 5.82 Å². The number of halogens is 1. The molecule has 1 amide bonds. The molecule has 0 saturated heterocycles. The van der Waals surface area contributed by atoms with E-state index in [-0.39, 0.29) is 35.2 Å². The van der Waals surface area contributed by atoms with Gasteiger partial charge in [0.05, 0.1) is 17.1 Å². The summed E-state index contributed by atoms with van der Waals surface area (Å²) in [5, 5.41) is 12.8. The number of carbonyl (C=O) groups excluding carboxylic acids is 1. The molecule has 1 aromatic carbocycles. The van der Waals surface area contributed by atoms with Gasteiger partial charge in [0.2, 0.25) is 10.0 Å².